The largest absolute Gasteiger partial charge is 0.459 e. The van der Waals surface area contributed by atoms with E-state index in [9.17, 15) is 13.2 Å². The molecular weight excluding hydrogens is 360 g/mol. The molecule has 0 saturated carbocycles. The summed E-state index contributed by atoms with van der Waals surface area (Å²) in [7, 11) is -3.65. The van der Waals surface area contributed by atoms with Crippen LogP contribution in [0, 0.1) is 0 Å². The number of carbonyl (C=O) groups is 1. The van der Waals surface area contributed by atoms with Crippen LogP contribution in [0.4, 0.5) is 0 Å². The van der Waals surface area contributed by atoms with Gasteiger partial charge >= 0.3 is 0 Å². The van der Waals surface area contributed by atoms with Crippen LogP contribution < -0.4 is 0 Å². The molecule has 0 saturated heterocycles. The van der Waals surface area contributed by atoms with Crippen LogP contribution in [0.2, 0.25) is 0 Å². The molecule has 5 heteroatoms. The van der Waals surface area contributed by atoms with Gasteiger partial charge in [0, 0.05) is 10.9 Å². The molecule has 0 fully saturated rings. The first-order valence-corrected chi connectivity index (χ1v) is 10.1. The normalized spacial score (nSPS) is 11.6. The summed E-state index contributed by atoms with van der Waals surface area (Å²) in [6.45, 7) is 0. The highest BCUT2D eigenvalue weighted by Gasteiger charge is 2.26. The molecule has 27 heavy (non-hydrogen) atoms. The zero-order valence-corrected chi connectivity index (χ0v) is 15.1. The average Bonchev–Trinajstić information content (AvgIpc) is 3.06. The molecule has 3 aromatic carbocycles. The maximum atomic E-state index is 13.1. The number of carbonyl (C=O) groups excluding carboxylic acids is 1. The van der Waals surface area contributed by atoms with Crippen molar-refractivity contribution in [3.05, 3.63) is 102 Å². The van der Waals surface area contributed by atoms with Crippen molar-refractivity contribution >= 4 is 26.6 Å². The van der Waals surface area contributed by atoms with E-state index in [0.717, 1.165) is 0 Å². The molecule has 0 aliphatic rings. The first-order chi connectivity index (χ1) is 13.1. The van der Waals surface area contributed by atoms with E-state index in [4.69, 9.17) is 4.42 Å². The first-order valence-electron chi connectivity index (χ1n) is 8.44. The van der Waals surface area contributed by atoms with Crippen LogP contribution in [-0.2, 0) is 15.6 Å². The molecule has 0 spiro atoms. The summed E-state index contributed by atoms with van der Waals surface area (Å²) in [5, 5.41) is 0.615. The fourth-order valence-electron chi connectivity index (χ4n) is 3.06. The van der Waals surface area contributed by atoms with Crippen molar-refractivity contribution in [3.63, 3.8) is 0 Å². The van der Waals surface area contributed by atoms with Crippen molar-refractivity contribution in [2.24, 2.45) is 0 Å². The standard InChI is InChI=1S/C22H16O4S/c23-22(16-9-3-1-4-10-16)21-18-13-7-8-14-19(18)26-20(21)15-27(24,25)17-11-5-2-6-12-17/h1-14H,15H2. The van der Waals surface area contributed by atoms with Crippen molar-refractivity contribution in [1.82, 2.24) is 0 Å². The molecule has 0 radical (unpaired) electrons. The maximum Gasteiger partial charge on any atom is 0.197 e. The molecule has 0 amide bonds. The van der Waals surface area contributed by atoms with Crippen molar-refractivity contribution in [2.45, 2.75) is 10.6 Å². The highest BCUT2D eigenvalue weighted by molar-refractivity contribution is 7.90. The minimum Gasteiger partial charge on any atom is -0.459 e. The Hall–Kier alpha value is -3.18. The molecule has 4 aromatic rings. The Morgan fingerprint density at radius 2 is 1.37 bits per heavy atom. The van der Waals surface area contributed by atoms with Crippen LogP contribution in [0.15, 0.2) is 94.2 Å². The van der Waals surface area contributed by atoms with Gasteiger partial charge in [-0.15, -0.1) is 0 Å². The summed E-state index contributed by atoms with van der Waals surface area (Å²) in [6, 6.07) is 24.0. The van der Waals surface area contributed by atoms with Gasteiger partial charge in [0.2, 0.25) is 0 Å². The van der Waals surface area contributed by atoms with Crippen molar-refractivity contribution < 1.29 is 17.6 Å². The lowest BCUT2D eigenvalue weighted by atomic mass is 10.0. The topological polar surface area (TPSA) is 64.3 Å². The Kier molecular flexibility index (Phi) is 4.38. The number of rotatable bonds is 5. The number of fused-ring (bicyclic) bond motifs is 1. The van der Waals surface area contributed by atoms with Gasteiger partial charge in [0.05, 0.1) is 10.5 Å². The summed E-state index contributed by atoms with van der Waals surface area (Å²) in [4.78, 5) is 13.3. The van der Waals surface area contributed by atoms with Gasteiger partial charge in [-0.25, -0.2) is 8.42 Å². The second kappa shape index (κ2) is 6.85. The minimum absolute atomic E-state index is 0.161. The summed E-state index contributed by atoms with van der Waals surface area (Å²) in [5.74, 6) is -0.465. The molecule has 0 bridgehead atoms. The molecule has 4 rings (SSSR count). The monoisotopic (exact) mass is 376 g/mol. The lowest BCUT2D eigenvalue weighted by Gasteiger charge is -2.05. The smallest absolute Gasteiger partial charge is 0.197 e. The van der Waals surface area contributed by atoms with Gasteiger partial charge in [0.25, 0.3) is 0 Å². The molecule has 0 aliphatic heterocycles. The van der Waals surface area contributed by atoms with E-state index in [1.54, 1.807) is 66.7 Å². The molecule has 4 nitrogen and oxygen atoms in total. The number of furan rings is 1. The van der Waals surface area contributed by atoms with Crippen LogP contribution in [0.1, 0.15) is 21.7 Å². The Morgan fingerprint density at radius 1 is 0.778 bits per heavy atom. The average molecular weight is 376 g/mol. The highest BCUT2D eigenvalue weighted by Crippen LogP contribution is 2.30. The number of sulfone groups is 1. The second-order valence-corrected chi connectivity index (χ2v) is 8.15. The Balaban J connectivity index is 1.85. The van der Waals surface area contributed by atoms with Crippen LogP contribution in [0.5, 0.6) is 0 Å². The van der Waals surface area contributed by atoms with E-state index in [2.05, 4.69) is 0 Å². The van der Waals surface area contributed by atoms with Gasteiger partial charge in [-0.3, -0.25) is 4.79 Å². The van der Waals surface area contributed by atoms with Gasteiger partial charge in [-0.2, -0.15) is 0 Å². The lowest BCUT2D eigenvalue weighted by molar-refractivity contribution is 0.103. The van der Waals surface area contributed by atoms with Gasteiger partial charge in [-0.1, -0.05) is 66.7 Å². The number of ketones is 1. The number of benzene rings is 3. The summed E-state index contributed by atoms with van der Waals surface area (Å²) < 4.78 is 31.4. The Morgan fingerprint density at radius 3 is 2.07 bits per heavy atom. The third kappa shape index (κ3) is 3.29. The number of para-hydroxylation sites is 1. The van der Waals surface area contributed by atoms with Crippen LogP contribution in [0.3, 0.4) is 0 Å². The first kappa shape index (κ1) is 17.2. The predicted molar refractivity (Wildman–Crippen MR) is 103 cm³/mol. The number of hydrogen-bond acceptors (Lipinski definition) is 4. The second-order valence-electron chi connectivity index (χ2n) is 6.16. The Labute approximate surface area is 157 Å². The molecule has 0 N–H and O–H groups in total. The fourth-order valence-corrected chi connectivity index (χ4v) is 4.35. The molecule has 0 atom stereocenters. The molecule has 0 unspecified atom stereocenters. The summed E-state index contributed by atoms with van der Waals surface area (Å²) in [6.07, 6.45) is 0. The molecule has 1 aromatic heterocycles. The summed E-state index contributed by atoms with van der Waals surface area (Å²) in [5.41, 5.74) is 1.29. The third-order valence-electron chi connectivity index (χ3n) is 4.35. The lowest BCUT2D eigenvalue weighted by Crippen LogP contribution is -2.09. The molecule has 134 valence electrons. The van der Waals surface area contributed by atoms with Crippen LogP contribution >= 0.6 is 0 Å². The quantitative estimate of drug-likeness (QED) is 0.476. The van der Waals surface area contributed by atoms with E-state index >= 15 is 0 Å². The number of hydrogen-bond donors (Lipinski definition) is 0. The van der Waals surface area contributed by atoms with Gasteiger partial charge in [0.15, 0.2) is 15.6 Å². The Bertz CT molecular complexity index is 1210. The zero-order chi connectivity index (χ0) is 18.9. The predicted octanol–water partition coefficient (Wildman–Crippen LogP) is 4.64. The molecule has 1 heterocycles. The van der Waals surface area contributed by atoms with Gasteiger partial charge < -0.3 is 4.42 Å². The van der Waals surface area contributed by atoms with Gasteiger partial charge in [-0.05, 0) is 18.2 Å². The van der Waals surface area contributed by atoms with Crippen molar-refractivity contribution in [1.29, 1.82) is 0 Å². The SMILES string of the molecule is O=C(c1ccccc1)c1c(CS(=O)(=O)c2ccccc2)oc2ccccc12. The minimum atomic E-state index is -3.65. The fraction of sp³-hybridized carbons (Fsp3) is 0.0455. The van der Waals surface area contributed by atoms with Crippen molar-refractivity contribution in [2.75, 3.05) is 0 Å². The third-order valence-corrected chi connectivity index (χ3v) is 5.99. The highest BCUT2D eigenvalue weighted by atomic mass is 32.2. The van der Waals surface area contributed by atoms with E-state index < -0.39 is 9.84 Å². The maximum absolute atomic E-state index is 13.1. The van der Waals surface area contributed by atoms with Crippen LogP contribution in [-0.4, -0.2) is 14.2 Å². The van der Waals surface area contributed by atoms with E-state index in [0.29, 0.717) is 22.1 Å². The van der Waals surface area contributed by atoms with Crippen molar-refractivity contribution in [3.8, 4) is 0 Å². The van der Waals surface area contributed by atoms with E-state index in [1.165, 1.54) is 12.1 Å². The molecule has 0 aliphatic carbocycles. The molecular formula is C22H16O4S. The summed E-state index contributed by atoms with van der Waals surface area (Å²) >= 11 is 0. The van der Waals surface area contributed by atoms with Gasteiger partial charge in [0.1, 0.15) is 17.1 Å². The zero-order valence-electron chi connectivity index (χ0n) is 14.3. The van der Waals surface area contributed by atoms with E-state index in [1.807, 2.05) is 6.07 Å². The van der Waals surface area contributed by atoms with Crippen LogP contribution in [0.25, 0.3) is 11.0 Å². The van der Waals surface area contributed by atoms with E-state index in [-0.39, 0.29) is 22.2 Å².